The third kappa shape index (κ3) is 3.90. The molecule has 2 saturated heterocycles. The summed E-state index contributed by atoms with van der Waals surface area (Å²) in [6.07, 6.45) is 0.942. The van der Waals surface area contributed by atoms with E-state index in [1.54, 1.807) is 36.1 Å². The second-order valence-corrected chi connectivity index (χ2v) is 10.5. The molecule has 2 fully saturated rings. The predicted octanol–water partition coefficient (Wildman–Crippen LogP) is 3.54. The largest absolute Gasteiger partial charge is 0.508 e. The Morgan fingerprint density at radius 2 is 2.03 bits per heavy atom. The molecule has 0 aliphatic carbocycles. The molecule has 2 aromatic rings. The summed E-state index contributed by atoms with van der Waals surface area (Å²) < 4.78 is 14.3. The Morgan fingerprint density at radius 3 is 2.75 bits per heavy atom. The van der Waals surface area contributed by atoms with E-state index in [9.17, 15) is 19.1 Å². The quantitative estimate of drug-likeness (QED) is 0.487. The normalized spacial score (nSPS) is 26.8. The second kappa shape index (κ2) is 9.21. The van der Waals surface area contributed by atoms with E-state index in [1.807, 2.05) is 18.0 Å². The van der Waals surface area contributed by atoms with Crippen LogP contribution in [0.2, 0.25) is 5.02 Å². The van der Waals surface area contributed by atoms with Gasteiger partial charge in [0.1, 0.15) is 17.1 Å². The number of nitrogens with one attached hydrogen (secondary N) is 1. The number of phenolic OH excluding ortho intramolecular Hbond substituents is 1. The first kappa shape index (κ1) is 24.8. The molecule has 192 valence electrons. The number of piperidine rings is 1. The van der Waals surface area contributed by atoms with Crippen LogP contribution in [0.15, 0.2) is 36.4 Å². The number of phenols is 1. The van der Waals surface area contributed by atoms with E-state index in [0.717, 1.165) is 5.56 Å². The van der Waals surface area contributed by atoms with Gasteiger partial charge in [-0.25, -0.2) is 9.18 Å². The Kier molecular flexibility index (Phi) is 6.34. The Morgan fingerprint density at radius 1 is 1.25 bits per heavy atom. The first-order valence-electron chi connectivity index (χ1n) is 12.1. The lowest BCUT2D eigenvalue weighted by molar-refractivity contribution is -0.135. The minimum Gasteiger partial charge on any atom is -0.508 e. The molecule has 2 aromatic carbocycles. The third-order valence-electron chi connectivity index (χ3n) is 7.77. The fourth-order valence-electron chi connectivity index (χ4n) is 6.07. The van der Waals surface area contributed by atoms with Crippen molar-refractivity contribution < 1.29 is 24.2 Å². The number of likely N-dealkylation sites (N-methyl/N-ethyl adjacent to an activating group) is 1. The number of nitrogens with zero attached hydrogens (tertiary/aromatic N) is 3. The van der Waals surface area contributed by atoms with Crippen LogP contribution < -0.4 is 5.32 Å². The number of hydrogen-bond acceptors (Lipinski definition) is 6. The molecule has 3 aliphatic heterocycles. The molecule has 0 bridgehead atoms. The number of aliphatic hydroxyl groups excluding tert-OH is 1. The number of imide groups is 1. The van der Waals surface area contributed by atoms with Gasteiger partial charge in [-0.15, -0.1) is 0 Å². The molecular formula is C26H30ClFN4O4. The second-order valence-electron chi connectivity index (χ2n) is 10.1. The van der Waals surface area contributed by atoms with Crippen LogP contribution in [0.3, 0.4) is 0 Å². The number of hydrogen-bond donors (Lipinski definition) is 3. The van der Waals surface area contributed by atoms with E-state index in [0.29, 0.717) is 37.2 Å². The van der Waals surface area contributed by atoms with Crippen LogP contribution in [0.5, 0.6) is 5.75 Å². The number of fused-ring (bicyclic) bond motifs is 4. The maximum atomic E-state index is 14.3. The van der Waals surface area contributed by atoms with Crippen LogP contribution in [0, 0.1) is 5.82 Å². The molecule has 0 spiro atoms. The molecule has 5 rings (SSSR count). The van der Waals surface area contributed by atoms with Crippen LogP contribution in [0.4, 0.5) is 14.9 Å². The summed E-state index contributed by atoms with van der Waals surface area (Å²) in [5.41, 5.74) is 0.996. The summed E-state index contributed by atoms with van der Waals surface area (Å²) in [5.74, 6) is -0.934. The molecule has 3 aliphatic rings. The van der Waals surface area contributed by atoms with Gasteiger partial charge in [0.2, 0.25) is 0 Å². The molecule has 3 amide bonds. The van der Waals surface area contributed by atoms with Crippen molar-refractivity contribution in [2.45, 2.75) is 43.3 Å². The lowest BCUT2D eigenvalue weighted by atomic mass is 9.72. The molecule has 0 radical (unpaired) electrons. The molecule has 36 heavy (non-hydrogen) atoms. The highest BCUT2D eigenvalue weighted by molar-refractivity contribution is 6.31. The van der Waals surface area contributed by atoms with Crippen LogP contribution in [0.1, 0.15) is 42.9 Å². The molecule has 4 atom stereocenters. The number of carbonyl (C=O) groups is 2. The Labute approximate surface area is 214 Å². The predicted molar refractivity (Wildman–Crippen MR) is 134 cm³/mol. The minimum atomic E-state index is -1.12. The van der Waals surface area contributed by atoms with Crippen LogP contribution in [0.25, 0.3) is 0 Å². The minimum absolute atomic E-state index is 0.0140. The molecule has 0 aromatic heterocycles. The molecule has 8 nitrogen and oxygen atoms in total. The van der Waals surface area contributed by atoms with E-state index >= 15 is 0 Å². The Bertz CT molecular complexity index is 1210. The summed E-state index contributed by atoms with van der Waals surface area (Å²) in [4.78, 5) is 32.5. The number of benzene rings is 2. The molecule has 0 saturated carbocycles. The van der Waals surface area contributed by atoms with E-state index in [2.05, 4.69) is 5.32 Å². The highest BCUT2D eigenvalue weighted by atomic mass is 35.5. The van der Waals surface area contributed by atoms with Crippen molar-refractivity contribution >= 4 is 29.2 Å². The van der Waals surface area contributed by atoms with Crippen molar-refractivity contribution in [1.82, 2.24) is 14.7 Å². The topological polar surface area (TPSA) is 96.3 Å². The molecule has 3 heterocycles. The summed E-state index contributed by atoms with van der Waals surface area (Å²) in [6, 6.07) is 8.39. The first-order chi connectivity index (χ1) is 17.2. The molecule has 10 heteroatoms. The summed E-state index contributed by atoms with van der Waals surface area (Å²) >= 11 is 6.13. The fourth-order valence-corrected chi connectivity index (χ4v) is 6.24. The van der Waals surface area contributed by atoms with Crippen molar-refractivity contribution in [2.24, 2.45) is 0 Å². The SMILES string of the molecule is CN(CCO)CCCN1C(=O)N2[C@H](c3cccc(O)c3)C3Nc4cc(F)c(Cl)cc4C3C[C@@]2(C)C1=O. The van der Waals surface area contributed by atoms with E-state index in [1.165, 1.54) is 11.0 Å². The number of anilines is 1. The van der Waals surface area contributed by atoms with Crippen molar-refractivity contribution in [1.29, 1.82) is 0 Å². The van der Waals surface area contributed by atoms with E-state index in [4.69, 9.17) is 16.7 Å². The molecular weight excluding hydrogens is 487 g/mol. The first-order valence-corrected chi connectivity index (χ1v) is 12.5. The van der Waals surface area contributed by atoms with Gasteiger partial charge in [0.05, 0.1) is 23.7 Å². The number of halogens is 2. The van der Waals surface area contributed by atoms with Crippen LogP contribution >= 0.6 is 11.6 Å². The van der Waals surface area contributed by atoms with E-state index < -0.39 is 17.4 Å². The summed E-state index contributed by atoms with van der Waals surface area (Å²) in [7, 11) is 1.88. The van der Waals surface area contributed by atoms with Gasteiger partial charge in [-0.2, -0.15) is 0 Å². The maximum Gasteiger partial charge on any atom is 0.328 e. The monoisotopic (exact) mass is 516 g/mol. The van der Waals surface area contributed by atoms with Crippen LogP contribution in [-0.4, -0.2) is 81.7 Å². The number of amides is 3. The Balaban J connectivity index is 1.53. The van der Waals surface area contributed by atoms with Crippen molar-refractivity contribution in [2.75, 3.05) is 38.6 Å². The summed E-state index contributed by atoms with van der Waals surface area (Å²) in [6.45, 7) is 3.25. The van der Waals surface area contributed by atoms with Gasteiger partial charge in [-0.3, -0.25) is 9.69 Å². The van der Waals surface area contributed by atoms with Crippen molar-refractivity contribution in [3.05, 3.63) is 58.4 Å². The highest BCUT2D eigenvalue weighted by Crippen LogP contribution is 2.56. The zero-order chi connectivity index (χ0) is 25.8. The third-order valence-corrected chi connectivity index (χ3v) is 8.06. The average molecular weight is 517 g/mol. The van der Waals surface area contributed by atoms with Gasteiger partial charge >= 0.3 is 6.03 Å². The fraction of sp³-hybridized carbons (Fsp3) is 0.462. The smallest absolute Gasteiger partial charge is 0.328 e. The number of rotatable bonds is 7. The van der Waals surface area contributed by atoms with Gasteiger partial charge in [0.15, 0.2) is 0 Å². The lowest BCUT2D eigenvalue weighted by Crippen LogP contribution is -2.58. The molecule has 3 N–H and O–H groups in total. The van der Waals surface area contributed by atoms with Gasteiger partial charge in [0, 0.05) is 24.7 Å². The van der Waals surface area contributed by atoms with Gasteiger partial charge in [-0.1, -0.05) is 23.7 Å². The van der Waals surface area contributed by atoms with Gasteiger partial charge in [-0.05, 0) is 68.8 Å². The number of aliphatic hydroxyl groups is 1. The van der Waals surface area contributed by atoms with Crippen molar-refractivity contribution in [3.8, 4) is 5.75 Å². The van der Waals surface area contributed by atoms with Crippen molar-refractivity contribution in [3.63, 3.8) is 0 Å². The number of urea groups is 1. The van der Waals surface area contributed by atoms with E-state index in [-0.39, 0.29) is 47.8 Å². The number of carbonyl (C=O) groups excluding carboxylic acids is 2. The van der Waals surface area contributed by atoms with Crippen LogP contribution in [-0.2, 0) is 4.79 Å². The molecule has 2 unspecified atom stereocenters. The highest BCUT2D eigenvalue weighted by Gasteiger charge is 2.63. The number of aromatic hydroxyl groups is 1. The van der Waals surface area contributed by atoms with Gasteiger partial charge in [0.25, 0.3) is 5.91 Å². The maximum absolute atomic E-state index is 14.3. The summed E-state index contributed by atoms with van der Waals surface area (Å²) in [5, 5.41) is 22.8. The average Bonchev–Trinajstić information content (AvgIpc) is 3.25. The lowest BCUT2D eigenvalue weighted by Gasteiger charge is -2.48. The standard InChI is InChI=1S/C26H30ClFN4O4/c1-26-14-18-17-12-19(27)20(28)13-21(17)29-22(18)23(15-5-3-6-16(34)11-15)32(26)25(36)31(24(26)35)8-4-7-30(2)9-10-33/h3,5-6,11-13,18,22-23,29,33-34H,4,7-10,14H2,1-2H3/t18?,22?,23-,26+/m1/s1. The zero-order valence-electron chi connectivity index (χ0n) is 20.2. The zero-order valence-corrected chi connectivity index (χ0v) is 21.0. The Hall–Kier alpha value is -2.88. The van der Waals surface area contributed by atoms with Gasteiger partial charge < -0.3 is 25.3 Å².